The van der Waals surface area contributed by atoms with Crippen LogP contribution in [0.25, 0.3) is 0 Å². The van der Waals surface area contributed by atoms with Crippen LogP contribution in [0.2, 0.25) is 0 Å². The van der Waals surface area contributed by atoms with Crippen LogP contribution in [0.3, 0.4) is 0 Å². The van der Waals surface area contributed by atoms with Crippen molar-refractivity contribution in [2.75, 3.05) is 11.5 Å². The average molecular weight is 452 g/mol. The molecule has 4 aliphatic rings. The lowest BCUT2D eigenvalue weighted by Gasteiger charge is -2.45. The van der Waals surface area contributed by atoms with Gasteiger partial charge in [0.1, 0.15) is 0 Å². The Kier molecular flexibility index (Phi) is 4.87. The predicted octanol–water partition coefficient (Wildman–Crippen LogP) is 5.04. The van der Waals surface area contributed by atoms with E-state index in [-0.39, 0.29) is 23.7 Å². The van der Waals surface area contributed by atoms with E-state index in [1.165, 1.54) is 4.90 Å². The van der Waals surface area contributed by atoms with Gasteiger partial charge in [-0.25, -0.2) is 9.69 Å². The van der Waals surface area contributed by atoms with Crippen LogP contribution in [0, 0.1) is 11.8 Å². The number of hydrogen-bond donors (Lipinski definition) is 0. The molecule has 0 unspecified atom stereocenters. The number of benzene rings is 3. The van der Waals surface area contributed by atoms with Crippen LogP contribution in [0.1, 0.15) is 64.2 Å². The highest BCUT2D eigenvalue weighted by atomic mass is 16.5. The van der Waals surface area contributed by atoms with E-state index in [2.05, 4.69) is 24.3 Å². The molecule has 0 spiro atoms. The van der Waals surface area contributed by atoms with Crippen molar-refractivity contribution >= 4 is 23.5 Å². The summed E-state index contributed by atoms with van der Waals surface area (Å²) in [6, 6.07) is 23.1. The van der Waals surface area contributed by atoms with E-state index >= 15 is 0 Å². The van der Waals surface area contributed by atoms with Crippen molar-refractivity contribution in [2.24, 2.45) is 11.8 Å². The van der Waals surface area contributed by atoms with Crippen LogP contribution in [0.15, 0.2) is 72.8 Å². The van der Waals surface area contributed by atoms with Crippen molar-refractivity contribution < 1.29 is 19.1 Å². The molecule has 170 valence electrons. The molecular weight excluding hydrogens is 426 g/mol. The smallest absolute Gasteiger partial charge is 0.338 e. The minimum Gasteiger partial charge on any atom is -0.462 e. The molecule has 3 aromatic rings. The van der Waals surface area contributed by atoms with Crippen LogP contribution in [-0.2, 0) is 14.3 Å². The fraction of sp³-hybridized carbons (Fsp3) is 0.276. The summed E-state index contributed by atoms with van der Waals surface area (Å²) in [6.45, 7) is 2.38. The number of hydrogen-bond acceptors (Lipinski definition) is 4. The Morgan fingerprint density at radius 2 is 1.32 bits per heavy atom. The summed E-state index contributed by atoms with van der Waals surface area (Å²) in [4.78, 5) is 41.5. The third-order valence-corrected chi connectivity index (χ3v) is 7.52. The molecule has 0 radical (unpaired) electrons. The molecule has 34 heavy (non-hydrogen) atoms. The molecule has 2 atom stereocenters. The number of anilines is 1. The zero-order valence-corrected chi connectivity index (χ0v) is 18.9. The zero-order valence-electron chi connectivity index (χ0n) is 18.9. The first-order chi connectivity index (χ1) is 16.6. The van der Waals surface area contributed by atoms with Gasteiger partial charge in [0.2, 0.25) is 11.8 Å². The molecule has 1 fully saturated rings. The van der Waals surface area contributed by atoms with Crippen molar-refractivity contribution in [3.05, 3.63) is 101 Å². The summed E-state index contributed by atoms with van der Waals surface area (Å²) in [7, 11) is 0. The topological polar surface area (TPSA) is 63.7 Å². The number of ether oxygens (including phenoxy) is 1. The van der Waals surface area contributed by atoms with Gasteiger partial charge in [-0.05, 0) is 46.9 Å². The van der Waals surface area contributed by atoms with Crippen LogP contribution in [-0.4, -0.2) is 24.4 Å². The molecule has 3 aliphatic carbocycles. The van der Waals surface area contributed by atoms with Gasteiger partial charge < -0.3 is 4.74 Å². The van der Waals surface area contributed by atoms with Gasteiger partial charge >= 0.3 is 5.97 Å². The minimum atomic E-state index is -0.442. The maximum atomic E-state index is 13.8. The maximum absolute atomic E-state index is 13.8. The lowest BCUT2D eigenvalue weighted by Crippen LogP contribution is -2.41. The number of amides is 2. The van der Waals surface area contributed by atoms with Crippen LogP contribution in [0.4, 0.5) is 5.69 Å². The van der Waals surface area contributed by atoms with E-state index in [0.29, 0.717) is 17.9 Å². The predicted molar refractivity (Wildman–Crippen MR) is 128 cm³/mol. The largest absolute Gasteiger partial charge is 0.462 e. The van der Waals surface area contributed by atoms with Crippen molar-refractivity contribution in [1.29, 1.82) is 0 Å². The van der Waals surface area contributed by atoms with Crippen LogP contribution >= 0.6 is 0 Å². The Hall–Kier alpha value is -3.73. The molecule has 5 nitrogen and oxygen atoms in total. The average Bonchev–Trinajstić information content (AvgIpc) is 3.14. The zero-order chi connectivity index (χ0) is 23.4. The summed E-state index contributed by atoms with van der Waals surface area (Å²) in [5, 5.41) is 0. The Bertz CT molecular complexity index is 1210. The number of carbonyl (C=O) groups is 3. The SMILES string of the molecule is CCCCOC(=O)c1cccc(N2C(=O)[C@@H]3C4c5ccccc5C(c5ccccc54)[C@@H]3C2=O)c1. The Morgan fingerprint density at radius 1 is 0.794 bits per heavy atom. The van der Waals surface area contributed by atoms with Gasteiger partial charge in [0.15, 0.2) is 0 Å². The van der Waals surface area contributed by atoms with Gasteiger partial charge in [0.05, 0.1) is 29.7 Å². The van der Waals surface area contributed by atoms with E-state index in [0.717, 1.165) is 35.1 Å². The molecule has 1 saturated heterocycles. The third-order valence-electron chi connectivity index (χ3n) is 7.52. The maximum Gasteiger partial charge on any atom is 0.338 e. The van der Waals surface area contributed by atoms with E-state index in [1.54, 1.807) is 24.3 Å². The van der Waals surface area contributed by atoms with E-state index in [1.807, 2.05) is 31.2 Å². The van der Waals surface area contributed by atoms with Gasteiger partial charge in [-0.2, -0.15) is 0 Å². The Labute approximate surface area is 198 Å². The molecular formula is C29H25NO4. The van der Waals surface area contributed by atoms with Gasteiger partial charge in [-0.1, -0.05) is 67.9 Å². The van der Waals surface area contributed by atoms with Crippen molar-refractivity contribution in [2.45, 2.75) is 31.6 Å². The lowest BCUT2D eigenvalue weighted by molar-refractivity contribution is -0.122. The fourth-order valence-corrected chi connectivity index (χ4v) is 6.10. The quantitative estimate of drug-likeness (QED) is 0.310. The third kappa shape index (κ3) is 2.89. The summed E-state index contributed by atoms with van der Waals surface area (Å²) in [6.07, 6.45) is 1.72. The normalized spacial score (nSPS) is 24.0. The van der Waals surface area contributed by atoms with E-state index < -0.39 is 17.8 Å². The molecule has 3 aromatic carbocycles. The second-order valence-electron chi connectivity index (χ2n) is 9.32. The number of esters is 1. The fourth-order valence-electron chi connectivity index (χ4n) is 6.10. The minimum absolute atomic E-state index is 0.147. The molecule has 0 aromatic heterocycles. The molecule has 5 heteroatoms. The molecule has 1 heterocycles. The molecule has 7 rings (SSSR count). The monoisotopic (exact) mass is 451 g/mol. The summed E-state index contributed by atoms with van der Waals surface area (Å²) in [5.74, 6) is -2.00. The highest BCUT2D eigenvalue weighted by Crippen LogP contribution is 2.61. The number of imide groups is 1. The van der Waals surface area contributed by atoms with Gasteiger partial charge in [-0.15, -0.1) is 0 Å². The molecule has 0 saturated carbocycles. The Morgan fingerprint density at radius 3 is 1.82 bits per heavy atom. The highest BCUT2D eigenvalue weighted by molar-refractivity contribution is 6.23. The first-order valence-corrected chi connectivity index (χ1v) is 11.9. The van der Waals surface area contributed by atoms with E-state index in [9.17, 15) is 14.4 Å². The number of unbranched alkanes of at least 4 members (excludes halogenated alkanes) is 1. The molecule has 2 bridgehead atoms. The van der Waals surface area contributed by atoms with Gasteiger partial charge in [0, 0.05) is 11.8 Å². The molecule has 0 N–H and O–H groups in total. The first-order valence-electron chi connectivity index (χ1n) is 11.9. The van der Waals surface area contributed by atoms with Crippen molar-refractivity contribution in [3.63, 3.8) is 0 Å². The molecule has 2 amide bonds. The standard InChI is InChI=1S/C29H25NO4/c1-2-3-15-34-29(33)17-9-8-10-18(16-17)30-27(31)25-23-19-11-4-5-12-20(19)24(26(25)28(30)32)22-14-7-6-13-21(22)23/h4-14,16,23-26H,2-3,15H2,1H3/t23?,24?,25-,26+. The summed E-state index contributed by atoms with van der Waals surface area (Å²) in [5.41, 5.74) is 5.35. The second kappa shape index (κ2) is 7.94. The molecule has 1 aliphatic heterocycles. The highest BCUT2D eigenvalue weighted by Gasteiger charge is 2.61. The van der Waals surface area contributed by atoms with Crippen LogP contribution in [0.5, 0.6) is 0 Å². The number of carbonyl (C=O) groups excluding carboxylic acids is 3. The first kappa shape index (κ1) is 20.8. The van der Waals surface area contributed by atoms with Crippen LogP contribution < -0.4 is 4.90 Å². The van der Waals surface area contributed by atoms with E-state index in [4.69, 9.17) is 4.74 Å². The van der Waals surface area contributed by atoms with Crippen molar-refractivity contribution in [1.82, 2.24) is 0 Å². The summed E-state index contributed by atoms with van der Waals surface area (Å²) >= 11 is 0. The van der Waals surface area contributed by atoms with Gasteiger partial charge in [-0.3, -0.25) is 9.59 Å². The second-order valence-corrected chi connectivity index (χ2v) is 9.32. The van der Waals surface area contributed by atoms with Gasteiger partial charge in [0.25, 0.3) is 0 Å². The lowest BCUT2D eigenvalue weighted by atomic mass is 9.55. The number of nitrogens with zero attached hydrogens (tertiary/aromatic N) is 1. The summed E-state index contributed by atoms with van der Waals surface area (Å²) < 4.78 is 5.34. The van der Waals surface area contributed by atoms with Crippen molar-refractivity contribution in [3.8, 4) is 0 Å². The number of rotatable bonds is 5. The Balaban J connectivity index is 1.40.